The van der Waals surface area contributed by atoms with Crippen LogP contribution >= 0.6 is 0 Å². The molecule has 0 unspecified atom stereocenters. The Bertz CT molecular complexity index is 246. The molecule has 106 valence electrons. The van der Waals surface area contributed by atoms with E-state index in [1.54, 1.807) is 20.8 Å². The van der Waals surface area contributed by atoms with Crippen molar-refractivity contribution < 1.29 is 23.8 Å². The summed E-state index contributed by atoms with van der Waals surface area (Å²) in [4.78, 5) is 23.9. The maximum Gasteiger partial charge on any atom is 0.316 e. The third-order valence-corrected chi connectivity index (χ3v) is 2.36. The number of rotatable bonds is 10. The second-order valence-corrected chi connectivity index (χ2v) is 3.74. The molecule has 0 aromatic rings. The summed E-state index contributed by atoms with van der Waals surface area (Å²) in [6.45, 7) is 8.16. The molecule has 0 aliphatic carbocycles. The lowest BCUT2D eigenvalue weighted by molar-refractivity contribution is -0.177. The van der Waals surface area contributed by atoms with Crippen LogP contribution in [0.4, 0.5) is 0 Å². The Labute approximate surface area is 109 Å². The Morgan fingerprint density at radius 3 is 1.89 bits per heavy atom. The van der Waals surface area contributed by atoms with Gasteiger partial charge in [0.15, 0.2) is 0 Å². The van der Waals surface area contributed by atoms with Crippen molar-refractivity contribution in [3.05, 3.63) is 0 Å². The molecule has 0 heterocycles. The predicted molar refractivity (Wildman–Crippen MR) is 67.1 cm³/mol. The van der Waals surface area contributed by atoms with Crippen molar-refractivity contribution >= 4 is 11.8 Å². The second-order valence-electron chi connectivity index (χ2n) is 3.74. The van der Waals surface area contributed by atoms with E-state index >= 15 is 0 Å². The first-order chi connectivity index (χ1) is 8.62. The van der Waals surface area contributed by atoms with Gasteiger partial charge in [0, 0.05) is 13.2 Å². The smallest absolute Gasteiger partial charge is 0.316 e. The topological polar surface area (TPSA) is 61.8 Å². The number of ketones is 1. The van der Waals surface area contributed by atoms with Gasteiger partial charge < -0.3 is 14.2 Å². The van der Waals surface area contributed by atoms with Gasteiger partial charge >= 0.3 is 5.97 Å². The first-order valence-electron chi connectivity index (χ1n) is 6.55. The highest BCUT2D eigenvalue weighted by Gasteiger charge is 2.33. The number of hydrogen-bond donors (Lipinski definition) is 0. The molecule has 0 aliphatic heterocycles. The summed E-state index contributed by atoms with van der Waals surface area (Å²) in [5.41, 5.74) is 0. The Morgan fingerprint density at radius 1 is 0.944 bits per heavy atom. The Kier molecular flexibility index (Phi) is 9.50. The normalized spacial score (nSPS) is 12.5. The highest BCUT2D eigenvalue weighted by molar-refractivity contribution is 6.00. The van der Waals surface area contributed by atoms with E-state index in [4.69, 9.17) is 14.2 Å². The van der Waals surface area contributed by atoms with Gasteiger partial charge in [-0.25, -0.2) is 0 Å². The minimum Gasteiger partial charge on any atom is -0.465 e. The molecular weight excluding hydrogens is 236 g/mol. The fourth-order valence-electron chi connectivity index (χ4n) is 1.59. The van der Waals surface area contributed by atoms with Crippen molar-refractivity contribution in [2.45, 2.75) is 46.8 Å². The molecule has 0 fully saturated rings. The van der Waals surface area contributed by atoms with Crippen molar-refractivity contribution in [1.29, 1.82) is 0 Å². The van der Waals surface area contributed by atoms with Crippen LogP contribution in [-0.4, -0.2) is 37.9 Å². The molecule has 5 heteroatoms. The summed E-state index contributed by atoms with van der Waals surface area (Å²) in [6, 6.07) is 0. The summed E-state index contributed by atoms with van der Waals surface area (Å²) >= 11 is 0. The molecule has 0 radical (unpaired) electrons. The lowest BCUT2D eigenvalue weighted by Crippen LogP contribution is -2.37. The average molecular weight is 260 g/mol. The molecule has 18 heavy (non-hydrogen) atoms. The highest BCUT2D eigenvalue weighted by atomic mass is 16.7. The van der Waals surface area contributed by atoms with Crippen LogP contribution in [0.5, 0.6) is 0 Å². The van der Waals surface area contributed by atoms with E-state index in [1.165, 1.54) is 0 Å². The minimum absolute atomic E-state index is 0.264. The summed E-state index contributed by atoms with van der Waals surface area (Å²) < 4.78 is 15.4. The molecule has 0 rings (SSSR count). The minimum atomic E-state index is -0.971. The largest absolute Gasteiger partial charge is 0.465 e. The molecule has 0 saturated carbocycles. The molecular formula is C13H24O5. The number of hydrogen-bond acceptors (Lipinski definition) is 5. The van der Waals surface area contributed by atoms with Crippen molar-refractivity contribution in [2.75, 3.05) is 19.8 Å². The van der Waals surface area contributed by atoms with Crippen LogP contribution in [0.15, 0.2) is 0 Å². The maximum absolute atomic E-state index is 12.2. The highest BCUT2D eigenvalue weighted by Crippen LogP contribution is 2.15. The zero-order valence-electron chi connectivity index (χ0n) is 11.7. The van der Waals surface area contributed by atoms with Gasteiger partial charge in [0.25, 0.3) is 0 Å². The van der Waals surface area contributed by atoms with Gasteiger partial charge in [-0.05, 0) is 27.2 Å². The lowest BCUT2D eigenvalue weighted by Gasteiger charge is -2.20. The van der Waals surface area contributed by atoms with Crippen molar-refractivity contribution in [3.63, 3.8) is 0 Å². The van der Waals surface area contributed by atoms with Crippen molar-refractivity contribution in [2.24, 2.45) is 5.92 Å². The molecule has 1 atom stereocenters. The monoisotopic (exact) mass is 260 g/mol. The van der Waals surface area contributed by atoms with Gasteiger partial charge in [-0.15, -0.1) is 0 Å². The van der Waals surface area contributed by atoms with E-state index in [0.717, 1.165) is 6.42 Å². The third-order valence-electron chi connectivity index (χ3n) is 2.36. The van der Waals surface area contributed by atoms with Gasteiger partial charge in [0.05, 0.1) is 6.61 Å². The summed E-state index contributed by atoms with van der Waals surface area (Å²) in [7, 11) is 0. The zero-order valence-corrected chi connectivity index (χ0v) is 11.7. The van der Waals surface area contributed by atoms with Crippen molar-refractivity contribution in [3.8, 4) is 0 Å². The predicted octanol–water partition coefficient (Wildman–Crippen LogP) is 1.93. The standard InChI is InChI=1S/C13H24O5/c1-5-9-10(12(15)16-6-2)11(14)13(17-7-3)18-8-4/h10,13H,5-9H2,1-4H3/t10-/m1/s1. The van der Waals surface area contributed by atoms with Crippen LogP contribution in [0.2, 0.25) is 0 Å². The van der Waals surface area contributed by atoms with Crippen LogP contribution in [0.1, 0.15) is 40.5 Å². The third kappa shape index (κ3) is 5.60. The zero-order chi connectivity index (χ0) is 14.0. The molecule has 0 amide bonds. The number of carbonyl (C=O) groups excluding carboxylic acids is 2. The quantitative estimate of drug-likeness (QED) is 0.341. The van der Waals surface area contributed by atoms with Gasteiger partial charge in [-0.3, -0.25) is 9.59 Å². The van der Waals surface area contributed by atoms with E-state index in [9.17, 15) is 9.59 Å². The van der Waals surface area contributed by atoms with Crippen LogP contribution < -0.4 is 0 Å². The summed E-state index contributed by atoms with van der Waals surface area (Å²) in [6.07, 6.45) is 0.204. The molecule has 0 aromatic heterocycles. The average Bonchev–Trinajstić information content (AvgIpc) is 2.35. The first kappa shape index (κ1) is 17.1. The Balaban J connectivity index is 4.73. The van der Waals surface area contributed by atoms with E-state index in [0.29, 0.717) is 19.6 Å². The Hall–Kier alpha value is -0.940. The Morgan fingerprint density at radius 2 is 1.50 bits per heavy atom. The maximum atomic E-state index is 12.2. The molecule has 0 aromatic carbocycles. The number of carbonyl (C=O) groups is 2. The SMILES string of the molecule is CCC[C@@H](C(=O)OCC)C(=O)C(OCC)OCC. The van der Waals surface area contributed by atoms with Crippen LogP contribution in [0, 0.1) is 5.92 Å². The number of Topliss-reactive ketones (excluding diaryl/α,β-unsaturated/α-hetero) is 1. The van der Waals surface area contributed by atoms with E-state index in [2.05, 4.69) is 0 Å². The second kappa shape index (κ2) is 10.0. The van der Waals surface area contributed by atoms with Crippen LogP contribution in [0.3, 0.4) is 0 Å². The fraction of sp³-hybridized carbons (Fsp3) is 0.846. The first-order valence-corrected chi connectivity index (χ1v) is 6.55. The van der Waals surface area contributed by atoms with Crippen molar-refractivity contribution in [1.82, 2.24) is 0 Å². The van der Waals surface area contributed by atoms with Gasteiger partial charge in [0.1, 0.15) is 5.92 Å². The van der Waals surface area contributed by atoms with Gasteiger partial charge in [0.2, 0.25) is 12.1 Å². The van der Waals surface area contributed by atoms with E-state index < -0.39 is 18.2 Å². The van der Waals surface area contributed by atoms with E-state index in [-0.39, 0.29) is 12.4 Å². The fourth-order valence-corrected chi connectivity index (χ4v) is 1.59. The van der Waals surface area contributed by atoms with Gasteiger partial charge in [-0.2, -0.15) is 0 Å². The number of esters is 1. The number of ether oxygens (including phenoxy) is 3. The van der Waals surface area contributed by atoms with Gasteiger partial charge in [-0.1, -0.05) is 13.3 Å². The van der Waals surface area contributed by atoms with E-state index in [1.807, 2.05) is 6.92 Å². The molecule has 0 aliphatic rings. The molecule has 0 saturated heterocycles. The lowest BCUT2D eigenvalue weighted by atomic mass is 9.98. The molecule has 0 N–H and O–H groups in total. The summed E-state index contributed by atoms with van der Waals surface area (Å²) in [5, 5.41) is 0. The molecule has 0 spiro atoms. The van der Waals surface area contributed by atoms with Crippen LogP contribution in [-0.2, 0) is 23.8 Å². The summed E-state index contributed by atoms with van der Waals surface area (Å²) in [5.74, 6) is -1.63. The van der Waals surface area contributed by atoms with Crippen LogP contribution in [0.25, 0.3) is 0 Å². The molecule has 0 bridgehead atoms. The molecule has 5 nitrogen and oxygen atoms in total.